The van der Waals surface area contributed by atoms with Gasteiger partial charge in [0.1, 0.15) is 34.4 Å². The Morgan fingerprint density at radius 1 is 0.741 bits per heavy atom. The zero-order chi connectivity index (χ0) is 41.6. The standard InChI is InChI=1S/C48H43F3N2O/c1-27(2)37-21-32(30-17-15-29(16-18-30)26-48(5,6)7)22-38(28(3)4)45(37)53-42-14-9-8-13-41(42)52-47(53)36-12-10-11-35-34-20-19-31(23-43(34)54-46(35)36)44-39(50)24-33(49)25-40(44)51/h8-25,27-28H,26H2,1-7H3/i17D,18D,26D2. The Morgan fingerprint density at radius 2 is 1.41 bits per heavy atom. The van der Waals surface area contributed by atoms with E-state index in [1.165, 1.54) is 0 Å². The second-order valence-electron chi connectivity index (χ2n) is 15.6. The van der Waals surface area contributed by atoms with Crippen LogP contribution in [0.15, 0.2) is 114 Å². The minimum Gasteiger partial charge on any atom is -0.455 e. The molecule has 0 spiro atoms. The Hall–Kier alpha value is -5.62. The number of rotatable bonds is 7. The average molecular weight is 725 g/mol. The maximum Gasteiger partial charge on any atom is 0.149 e. The molecule has 2 heterocycles. The van der Waals surface area contributed by atoms with Crippen molar-refractivity contribution < 1.29 is 23.1 Å². The molecule has 0 aliphatic carbocycles. The van der Waals surface area contributed by atoms with Gasteiger partial charge in [-0.2, -0.15) is 0 Å². The third-order valence-electron chi connectivity index (χ3n) is 9.78. The highest BCUT2D eigenvalue weighted by Gasteiger charge is 2.26. The molecule has 0 saturated heterocycles. The monoisotopic (exact) mass is 724 g/mol. The number of furan rings is 1. The zero-order valence-corrected chi connectivity index (χ0v) is 31.3. The van der Waals surface area contributed by atoms with Crippen LogP contribution < -0.4 is 0 Å². The van der Waals surface area contributed by atoms with Crippen LogP contribution in [-0.2, 0) is 6.37 Å². The third kappa shape index (κ3) is 6.27. The maximum atomic E-state index is 14.9. The summed E-state index contributed by atoms with van der Waals surface area (Å²) in [5.41, 5.74) is 6.73. The van der Waals surface area contributed by atoms with Crippen molar-refractivity contribution >= 4 is 33.0 Å². The number of hydrogen-bond donors (Lipinski definition) is 0. The molecule has 3 nitrogen and oxygen atoms in total. The molecule has 0 amide bonds. The highest BCUT2D eigenvalue weighted by molar-refractivity contribution is 6.10. The van der Waals surface area contributed by atoms with Crippen molar-refractivity contribution in [3.05, 3.63) is 143 Å². The lowest BCUT2D eigenvalue weighted by molar-refractivity contribution is 0.411. The number of hydrogen-bond acceptors (Lipinski definition) is 2. The molecule has 0 fully saturated rings. The molecular formula is C48H43F3N2O. The van der Waals surface area contributed by atoms with Crippen LogP contribution in [0, 0.1) is 22.9 Å². The van der Waals surface area contributed by atoms with Gasteiger partial charge in [-0.25, -0.2) is 18.2 Å². The number of imidazole rings is 1. The molecule has 0 aliphatic heterocycles. The molecule has 6 heteroatoms. The molecule has 8 aromatic rings. The summed E-state index contributed by atoms with van der Waals surface area (Å²) in [7, 11) is 0. The number of halogens is 3. The largest absolute Gasteiger partial charge is 0.455 e. The van der Waals surface area contributed by atoms with E-state index in [2.05, 4.69) is 32.3 Å². The lowest BCUT2D eigenvalue weighted by Gasteiger charge is -2.24. The van der Waals surface area contributed by atoms with Crippen molar-refractivity contribution in [2.24, 2.45) is 5.41 Å². The van der Waals surface area contributed by atoms with Crippen molar-refractivity contribution in [2.45, 2.75) is 66.7 Å². The van der Waals surface area contributed by atoms with Gasteiger partial charge in [-0.3, -0.25) is 4.57 Å². The zero-order valence-electron chi connectivity index (χ0n) is 35.3. The lowest BCUT2D eigenvalue weighted by atomic mass is 9.86. The molecule has 0 aliphatic rings. The molecule has 272 valence electrons. The number of nitrogens with zero attached hydrogens (tertiary/aromatic N) is 2. The van der Waals surface area contributed by atoms with Crippen molar-refractivity contribution in [1.29, 1.82) is 0 Å². The van der Waals surface area contributed by atoms with Crippen LogP contribution in [0.5, 0.6) is 0 Å². The van der Waals surface area contributed by atoms with E-state index in [9.17, 15) is 13.2 Å². The van der Waals surface area contributed by atoms with Gasteiger partial charge in [-0.05, 0) is 99.5 Å². The van der Waals surface area contributed by atoms with Gasteiger partial charge < -0.3 is 4.42 Å². The smallest absolute Gasteiger partial charge is 0.149 e. The van der Waals surface area contributed by atoms with Gasteiger partial charge in [0.25, 0.3) is 0 Å². The fraction of sp³-hybridized carbons (Fsp3) is 0.229. The summed E-state index contributed by atoms with van der Waals surface area (Å²) in [6.07, 6.45) is -1.75. The van der Waals surface area contributed by atoms with Crippen molar-refractivity contribution in [3.8, 4) is 39.3 Å². The molecule has 0 radical (unpaired) electrons. The van der Waals surface area contributed by atoms with Gasteiger partial charge in [0.15, 0.2) is 0 Å². The summed E-state index contributed by atoms with van der Waals surface area (Å²) < 4.78 is 88.2. The van der Waals surface area contributed by atoms with E-state index >= 15 is 0 Å². The Balaban J connectivity index is 1.37. The summed E-state index contributed by atoms with van der Waals surface area (Å²) in [6, 6.07) is 27.3. The Morgan fingerprint density at radius 3 is 2.06 bits per heavy atom. The SMILES string of the molecule is [2H]c1cc(C([2H])([2H])C(C)(C)C)cc([2H])c1-c1cc(C(C)C)c(-n2c(-c3cccc4c3oc3cc(-c5c(F)cc(F)cc5F)ccc34)nc3ccccc32)c(C(C)C)c1. The van der Waals surface area contributed by atoms with Crippen LogP contribution in [0.2, 0.25) is 0 Å². The first-order chi connectivity index (χ1) is 27.4. The molecule has 6 aromatic carbocycles. The number of para-hydroxylation sites is 3. The summed E-state index contributed by atoms with van der Waals surface area (Å²) in [5.74, 6) is -2.40. The van der Waals surface area contributed by atoms with Crippen molar-refractivity contribution in [2.75, 3.05) is 0 Å². The Kier molecular flexibility index (Phi) is 7.61. The molecule has 0 atom stereocenters. The van der Waals surface area contributed by atoms with Crippen LogP contribution in [0.1, 0.15) is 82.5 Å². The summed E-state index contributed by atoms with van der Waals surface area (Å²) >= 11 is 0. The van der Waals surface area contributed by atoms with E-state index in [1.54, 1.807) is 30.3 Å². The lowest BCUT2D eigenvalue weighted by Crippen LogP contribution is -2.10. The first-order valence-corrected chi connectivity index (χ1v) is 18.3. The van der Waals surface area contributed by atoms with E-state index in [1.807, 2.05) is 75.4 Å². The van der Waals surface area contributed by atoms with Gasteiger partial charge in [-0.15, -0.1) is 0 Å². The van der Waals surface area contributed by atoms with Crippen LogP contribution in [0.4, 0.5) is 13.2 Å². The molecule has 0 N–H and O–H groups in total. The minimum absolute atomic E-state index is 0.00760. The van der Waals surface area contributed by atoms with Gasteiger partial charge in [0, 0.05) is 25.6 Å². The molecule has 2 aromatic heterocycles. The predicted molar refractivity (Wildman–Crippen MR) is 216 cm³/mol. The molecule has 0 unspecified atom stereocenters. The van der Waals surface area contributed by atoms with Crippen LogP contribution >= 0.6 is 0 Å². The van der Waals surface area contributed by atoms with E-state index in [0.29, 0.717) is 51.4 Å². The third-order valence-corrected chi connectivity index (χ3v) is 9.78. The average Bonchev–Trinajstić information content (AvgIpc) is 3.71. The fourth-order valence-corrected chi connectivity index (χ4v) is 7.40. The minimum atomic E-state index is -1.75. The number of benzene rings is 6. The first kappa shape index (κ1) is 30.8. The van der Waals surface area contributed by atoms with Gasteiger partial charge in [0.05, 0.1) is 30.6 Å². The van der Waals surface area contributed by atoms with E-state index in [0.717, 1.165) is 38.6 Å². The van der Waals surface area contributed by atoms with Crippen LogP contribution in [-0.4, -0.2) is 9.55 Å². The second kappa shape index (κ2) is 13.3. The Labute approximate surface area is 319 Å². The summed E-state index contributed by atoms with van der Waals surface area (Å²) in [6.45, 7) is 13.9. The fourth-order valence-electron chi connectivity index (χ4n) is 7.40. The summed E-state index contributed by atoms with van der Waals surface area (Å²) in [5, 5.41) is 1.52. The van der Waals surface area contributed by atoms with E-state index in [-0.39, 0.29) is 35.0 Å². The molecular weight excluding hydrogens is 678 g/mol. The van der Waals surface area contributed by atoms with Crippen LogP contribution in [0.25, 0.3) is 72.3 Å². The Bertz CT molecular complexity index is 2860. The second-order valence-corrected chi connectivity index (χ2v) is 15.6. The van der Waals surface area contributed by atoms with Crippen LogP contribution in [0.3, 0.4) is 0 Å². The topological polar surface area (TPSA) is 31.0 Å². The normalized spacial score (nSPS) is 13.6. The van der Waals surface area contributed by atoms with Crippen molar-refractivity contribution in [3.63, 3.8) is 0 Å². The molecule has 8 rings (SSSR count). The highest BCUT2D eigenvalue weighted by Crippen LogP contribution is 2.43. The quantitative estimate of drug-likeness (QED) is 0.164. The van der Waals surface area contributed by atoms with E-state index < -0.39 is 29.2 Å². The molecule has 54 heavy (non-hydrogen) atoms. The summed E-state index contributed by atoms with van der Waals surface area (Å²) in [4.78, 5) is 5.21. The van der Waals surface area contributed by atoms with Gasteiger partial charge >= 0.3 is 0 Å². The van der Waals surface area contributed by atoms with Crippen molar-refractivity contribution in [1.82, 2.24) is 9.55 Å². The van der Waals surface area contributed by atoms with E-state index in [4.69, 9.17) is 14.9 Å². The number of aromatic nitrogens is 2. The highest BCUT2D eigenvalue weighted by atomic mass is 19.1. The number of fused-ring (bicyclic) bond motifs is 4. The van der Waals surface area contributed by atoms with Gasteiger partial charge in [-0.1, -0.05) is 103 Å². The first-order valence-electron chi connectivity index (χ1n) is 20.3. The molecule has 0 bridgehead atoms. The van der Waals surface area contributed by atoms with Gasteiger partial charge in [0.2, 0.25) is 0 Å². The molecule has 0 saturated carbocycles. The maximum absolute atomic E-state index is 14.9. The predicted octanol–water partition coefficient (Wildman–Crippen LogP) is 14.2.